The summed E-state index contributed by atoms with van der Waals surface area (Å²) < 4.78 is 0. The van der Waals surface area contributed by atoms with E-state index >= 15 is 0 Å². The van der Waals surface area contributed by atoms with Gasteiger partial charge in [-0.05, 0) is 43.4 Å². The Morgan fingerprint density at radius 3 is 2.77 bits per heavy atom. The molecule has 0 radical (unpaired) electrons. The Bertz CT molecular complexity index is 300. The van der Waals surface area contributed by atoms with Crippen LogP contribution >= 0.6 is 0 Å². The van der Waals surface area contributed by atoms with E-state index in [0.29, 0.717) is 0 Å². The fourth-order valence-corrected chi connectivity index (χ4v) is 1.55. The Morgan fingerprint density at radius 1 is 1.31 bits per heavy atom. The van der Waals surface area contributed by atoms with Gasteiger partial charge in [-0.25, -0.2) is 0 Å². The summed E-state index contributed by atoms with van der Waals surface area (Å²) in [4.78, 5) is 0. The molecule has 13 heavy (non-hydrogen) atoms. The summed E-state index contributed by atoms with van der Waals surface area (Å²) in [5, 5.41) is 3.54. The lowest BCUT2D eigenvalue weighted by Gasteiger charge is -2.08. The maximum atomic E-state index is 3.54. The average Bonchev–Trinajstić information content (AvgIpc) is 2.91. The number of aryl methyl sites for hydroxylation is 1. The molecule has 0 aromatic heterocycles. The maximum absolute atomic E-state index is 3.54. The second kappa shape index (κ2) is 3.51. The van der Waals surface area contributed by atoms with Gasteiger partial charge in [-0.1, -0.05) is 18.2 Å². The molecule has 1 heteroatoms. The largest absolute Gasteiger partial charge is 0.310 e. The van der Waals surface area contributed by atoms with Crippen molar-refractivity contribution in [3.05, 3.63) is 34.9 Å². The van der Waals surface area contributed by atoms with E-state index in [9.17, 15) is 0 Å². The fourth-order valence-electron chi connectivity index (χ4n) is 1.55. The number of hydrogen-bond donors (Lipinski definition) is 1. The van der Waals surface area contributed by atoms with E-state index in [4.69, 9.17) is 0 Å². The Hall–Kier alpha value is -0.820. The molecule has 1 N–H and O–H groups in total. The Balaban J connectivity index is 2.05. The van der Waals surface area contributed by atoms with Crippen molar-refractivity contribution in [2.45, 2.75) is 39.3 Å². The first-order valence-corrected chi connectivity index (χ1v) is 5.06. The van der Waals surface area contributed by atoms with Crippen molar-refractivity contribution in [3.8, 4) is 0 Å². The van der Waals surface area contributed by atoms with Gasteiger partial charge in [0.15, 0.2) is 0 Å². The highest BCUT2D eigenvalue weighted by Gasteiger charge is 2.20. The molecular formula is C12H17N. The minimum Gasteiger partial charge on any atom is -0.310 e. The summed E-state index contributed by atoms with van der Waals surface area (Å²) in [6.45, 7) is 5.42. The Morgan fingerprint density at radius 2 is 2.08 bits per heavy atom. The molecule has 1 aliphatic rings. The Labute approximate surface area is 80.2 Å². The first-order chi connectivity index (χ1) is 6.27. The number of hydrogen-bond acceptors (Lipinski definition) is 1. The summed E-state index contributed by atoms with van der Waals surface area (Å²) in [6, 6.07) is 7.35. The minimum absolute atomic E-state index is 0.805. The molecule has 2 rings (SSSR count). The van der Waals surface area contributed by atoms with Crippen molar-refractivity contribution in [3.63, 3.8) is 0 Å². The summed E-state index contributed by atoms with van der Waals surface area (Å²) in [5.74, 6) is 0. The summed E-state index contributed by atoms with van der Waals surface area (Å²) in [5.41, 5.74) is 4.29. The highest BCUT2D eigenvalue weighted by Crippen LogP contribution is 2.20. The third kappa shape index (κ3) is 2.10. The fraction of sp³-hybridized carbons (Fsp3) is 0.500. The smallest absolute Gasteiger partial charge is 0.0210 e. The second-order valence-electron chi connectivity index (χ2n) is 4.01. The third-order valence-corrected chi connectivity index (χ3v) is 2.88. The normalized spacial score (nSPS) is 16.2. The van der Waals surface area contributed by atoms with Gasteiger partial charge in [-0.15, -0.1) is 0 Å². The van der Waals surface area contributed by atoms with E-state index in [-0.39, 0.29) is 0 Å². The van der Waals surface area contributed by atoms with Crippen LogP contribution in [0, 0.1) is 13.8 Å². The van der Waals surface area contributed by atoms with Crippen LogP contribution in [0.2, 0.25) is 0 Å². The molecule has 1 fully saturated rings. The molecule has 1 nitrogen and oxygen atoms in total. The van der Waals surface area contributed by atoms with Crippen molar-refractivity contribution in [2.75, 3.05) is 0 Å². The number of nitrogens with one attached hydrogen (secondary N) is 1. The second-order valence-corrected chi connectivity index (χ2v) is 4.01. The van der Waals surface area contributed by atoms with Crippen LogP contribution in [0.5, 0.6) is 0 Å². The highest BCUT2D eigenvalue weighted by molar-refractivity contribution is 5.33. The molecule has 0 unspecified atom stereocenters. The van der Waals surface area contributed by atoms with Crippen molar-refractivity contribution in [2.24, 2.45) is 0 Å². The molecule has 0 bridgehead atoms. The van der Waals surface area contributed by atoms with E-state index in [1.165, 1.54) is 29.5 Å². The van der Waals surface area contributed by atoms with Crippen molar-refractivity contribution < 1.29 is 0 Å². The first kappa shape index (κ1) is 8.76. The third-order valence-electron chi connectivity index (χ3n) is 2.88. The molecule has 70 valence electrons. The quantitative estimate of drug-likeness (QED) is 0.744. The van der Waals surface area contributed by atoms with Gasteiger partial charge in [0.25, 0.3) is 0 Å². The van der Waals surface area contributed by atoms with E-state index in [0.717, 1.165) is 12.6 Å². The van der Waals surface area contributed by atoms with Gasteiger partial charge in [0.05, 0.1) is 0 Å². The lowest BCUT2D eigenvalue weighted by Crippen LogP contribution is -2.16. The molecule has 0 spiro atoms. The zero-order valence-corrected chi connectivity index (χ0v) is 8.43. The van der Waals surface area contributed by atoms with Gasteiger partial charge < -0.3 is 5.32 Å². The molecule has 0 amide bonds. The molecule has 0 heterocycles. The van der Waals surface area contributed by atoms with E-state index in [1.807, 2.05) is 0 Å². The molecule has 0 saturated heterocycles. The maximum Gasteiger partial charge on any atom is 0.0210 e. The predicted molar refractivity (Wildman–Crippen MR) is 55.8 cm³/mol. The molecular weight excluding hydrogens is 158 g/mol. The minimum atomic E-state index is 0.805. The molecule has 0 aliphatic heterocycles. The van der Waals surface area contributed by atoms with Crippen LogP contribution in [0.25, 0.3) is 0 Å². The molecule has 1 aromatic carbocycles. The SMILES string of the molecule is Cc1cccc(CNC2CC2)c1C. The van der Waals surface area contributed by atoms with Crippen LogP contribution in [0.4, 0.5) is 0 Å². The van der Waals surface area contributed by atoms with Gasteiger partial charge in [-0.3, -0.25) is 0 Å². The summed E-state index contributed by atoms with van der Waals surface area (Å²) in [6.07, 6.45) is 2.73. The highest BCUT2D eigenvalue weighted by atomic mass is 14.9. The summed E-state index contributed by atoms with van der Waals surface area (Å²) >= 11 is 0. The van der Waals surface area contributed by atoms with Crippen molar-refractivity contribution in [1.29, 1.82) is 0 Å². The van der Waals surface area contributed by atoms with Crippen LogP contribution in [0.15, 0.2) is 18.2 Å². The number of benzene rings is 1. The van der Waals surface area contributed by atoms with Crippen LogP contribution in [0.3, 0.4) is 0 Å². The van der Waals surface area contributed by atoms with Crippen molar-refractivity contribution >= 4 is 0 Å². The van der Waals surface area contributed by atoms with E-state index < -0.39 is 0 Å². The first-order valence-electron chi connectivity index (χ1n) is 5.06. The van der Waals surface area contributed by atoms with Gasteiger partial charge in [-0.2, -0.15) is 0 Å². The molecule has 1 saturated carbocycles. The van der Waals surface area contributed by atoms with Crippen LogP contribution in [0.1, 0.15) is 29.5 Å². The predicted octanol–water partition coefficient (Wildman–Crippen LogP) is 2.56. The lowest BCUT2D eigenvalue weighted by atomic mass is 10.0. The van der Waals surface area contributed by atoms with Crippen LogP contribution in [-0.4, -0.2) is 6.04 Å². The van der Waals surface area contributed by atoms with Gasteiger partial charge >= 0.3 is 0 Å². The van der Waals surface area contributed by atoms with Crippen LogP contribution in [-0.2, 0) is 6.54 Å². The van der Waals surface area contributed by atoms with Crippen molar-refractivity contribution in [1.82, 2.24) is 5.32 Å². The zero-order chi connectivity index (χ0) is 9.26. The van der Waals surface area contributed by atoms with Gasteiger partial charge in [0, 0.05) is 12.6 Å². The standard InChI is InChI=1S/C12H17N/c1-9-4-3-5-11(10(9)2)8-13-12-6-7-12/h3-5,12-13H,6-8H2,1-2H3. The van der Waals surface area contributed by atoms with E-state index in [1.54, 1.807) is 0 Å². The van der Waals surface area contributed by atoms with Gasteiger partial charge in [0.1, 0.15) is 0 Å². The monoisotopic (exact) mass is 175 g/mol. The zero-order valence-electron chi connectivity index (χ0n) is 8.43. The van der Waals surface area contributed by atoms with Crippen LogP contribution < -0.4 is 5.32 Å². The topological polar surface area (TPSA) is 12.0 Å². The molecule has 0 atom stereocenters. The van der Waals surface area contributed by atoms with Gasteiger partial charge in [0.2, 0.25) is 0 Å². The Kier molecular flexibility index (Phi) is 2.36. The average molecular weight is 175 g/mol. The summed E-state index contributed by atoms with van der Waals surface area (Å²) in [7, 11) is 0. The molecule has 1 aliphatic carbocycles. The lowest BCUT2D eigenvalue weighted by molar-refractivity contribution is 0.684. The number of rotatable bonds is 3. The van der Waals surface area contributed by atoms with E-state index in [2.05, 4.69) is 37.4 Å². The molecule has 1 aromatic rings.